The van der Waals surface area contributed by atoms with Crippen molar-refractivity contribution in [3.8, 4) is 11.3 Å². The first kappa shape index (κ1) is 21.6. The van der Waals surface area contributed by atoms with Gasteiger partial charge in [-0.25, -0.2) is 22.0 Å². The van der Waals surface area contributed by atoms with Gasteiger partial charge in [0.25, 0.3) is 11.8 Å². The van der Waals surface area contributed by atoms with Gasteiger partial charge in [-0.3, -0.25) is 14.2 Å². The van der Waals surface area contributed by atoms with Crippen LogP contribution in [0.4, 0.5) is 22.0 Å². The molecule has 33 heavy (non-hydrogen) atoms. The first-order valence-electron chi connectivity index (χ1n) is 10.4. The van der Waals surface area contributed by atoms with E-state index >= 15 is 0 Å². The minimum Gasteiger partial charge on any atom is -0.330 e. The number of aromatic nitrogens is 4. The molecule has 6 nitrogen and oxygen atoms in total. The highest BCUT2D eigenvalue weighted by atomic mass is 19.3. The summed E-state index contributed by atoms with van der Waals surface area (Å²) in [5.41, 5.74) is 2.14. The number of amides is 1. The maximum Gasteiger partial charge on any atom is 0.257 e. The van der Waals surface area contributed by atoms with E-state index in [1.807, 2.05) is 0 Å². The number of carbonyl (C=O) groups excluding carboxylic acids is 1. The average Bonchev–Trinajstić information content (AvgIpc) is 3.06. The lowest BCUT2D eigenvalue weighted by Gasteiger charge is -2.33. The Hall–Kier alpha value is -3.24. The molecule has 0 unspecified atom stereocenters. The Morgan fingerprint density at radius 1 is 1.12 bits per heavy atom. The van der Waals surface area contributed by atoms with Crippen LogP contribution in [0.5, 0.6) is 0 Å². The third-order valence-corrected chi connectivity index (χ3v) is 6.53. The summed E-state index contributed by atoms with van der Waals surface area (Å²) in [6.07, 6.45) is 1.31. The van der Waals surface area contributed by atoms with E-state index in [1.165, 1.54) is 27.5 Å². The molecule has 0 N–H and O–H groups in total. The first-order valence-corrected chi connectivity index (χ1v) is 10.4. The molecule has 2 atom stereocenters. The maximum atomic E-state index is 13.8. The average molecular weight is 465 g/mol. The predicted molar refractivity (Wildman–Crippen MR) is 107 cm³/mol. The zero-order valence-corrected chi connectivity index (χ0v) is 18.0. The van der Waals surface area contributed by atoms with Crippen LogP contribution in [0.15, 0.2) is 18.3 Å². The van der Waals surface area contributed by atoms with E-state index in [0.717, 1.165) is 12.1 Å². The molecule has 1 fully saturated rings. The predicted octanol–water partition coefficient (Wildman–Crippen LogP) is 4.12. The molecular formula is C22H20F5N5O. The second kappa shape index (κ2) is 7.13. The van der Waals surface area contributed by atoms with Crippen LogP contribution >= 0.6 is 0 Å². The smallest absolute Gasteiger partial charge is 0.257 e. The molecule has 2 aliphatic rings. The van der Waals surface area contributed by atoms with Crippen LogP contribution in [0.25, 0.3) is 11.3 Å². The Labute approximate surface area is 185 Å². The fraction of sp³-hybridized carbons (Fsp3) is 0.409. The van der Waals surface area contributed by atoms with E-state index in [-0.39, 0.29) is 29.8 Å². The van der Waals surface area contributed by atoms with Crippen LogP contribution in [0.2, 0.25) is 0 Å². The van der Waals surface area contributed by atoms with Crippen molar-refractivity contribution < 1.29 is 26.7 Å². The molecule has 1 aliphatic heterocycles. The molecule has 1 saturated carbocycles. The number of halogens is 5. The summed E-state index contributed by atoms with van der Waals surface area (Å²) in [5, 5.41) is 8.48. The van der Waals surface area contributed by atoms with Crippen molar-refractivity contribution >= 4 is 5.91 Å². The summed E-state index contributed by atoms with van der Waals surface area (Å²) in [6.45, 7) is 1.99. The first-order chi connectivity index (χ1) is 15.5. The quantitative estimate of drug-likeness (QED) is 0.432. The van der Waals surface area contributed by atoms with Crippen molar-refractivity contribution in [3.63, 3.8) is 0 Å². The van der Waals surface area contributed by atoms with Gasteiger partial charge < -0.3 is 4.90 Å². The number of hydrogen-bond acceptors (Lipinski definition) is 3. The fourth-order valence-electron chi connectivity index (χ4n) is 4.76. The standard InChI is InChI=1S/C22H20F5N5O/c1-10-18-12(19(31(3)29-18)11-6-15(23)17(25)16(24)7-11)4-5-32(10)21(33)13-9-28-30(2)20(13)14-8-22(14,26)27/h6-7,9-10,14H,4-5,8H2,1-3H3/t10-,14-/m0/s1. The van der Waals surface area contributed by atoms with E-state index < -0.39 is 41.2 Å². The minimum atomic E-state index is -2.85. The molecule has 11 heteroatoms. The molecule has 5 rings (SSSR count). The van der Waals surface area contributed by atoms with Crippen molar-refractivity contribution in [2.24, 2.45) is 14.1 Å². The van der Waals surface area contributed by atoms with E-state index in [1.54, 1.807) is 14.0 Å². The monoisotopic (exact) mass is 465 g/mol. The zero-order chi connectivity index (χ0) is 23.8. The number of alkyl halides is 2. The Kier molecular flexibility index (Phi) is 4.67. The van der Waals surface area contributed by atoms with Crippen LogP contribution in [-0.4, -0.2) is 42.8 Å². The van der Waals surface area contributed by atoms with Gasteiger partial charge in [-0.05, 0) is 25.5 Å². The Morgan fingerprint density at radius 2 is 1.76 bits per heavy atom. The number of fused-ring (bicyclic) bond motifs is 1. The molecule has 0 bridgehead atoms. The van der Waals surface area contributed by atoms with E-state index in [2.05, 4.69) is 10.2 Å². The van der Waals surface area contributed by atoms with Crippen LogP contribution in [-0.2, 0) is 20.5 Å². The molecule has 2 aromatic heterocycles. The summed E-state index contributed by atoms with van der Waals surface area (Å²) < 4.78 is 71.3. The summed E-state index contributed by atoms with van der Waals surface area (Å²) in [5.74, 6) is -8.47. The van der Waals surface area contributed by atoms with Crippen molar-refractivity contribution in [1.82, 2.24) is 24.5 Å². The highest BCUT2D eigenvalue weighted by molar-refractivity contribution is 5.96. The summed E-state index contributed by atoms with van der Waals surface area (Å²) in [4.78, 5) is 14.9. The van der Waals surface area contributed by atoms with Gasteiger partial charge in [0, 0.05) is 38.2 Å². The Morgan fingerprint density at radius 3 is 2.36 bits per heavy atom. The second-order valence-electron chi connectivity index (χ2n) is 8.60. The molecular weight excluding hydrogens is 445 g/mol. The molecule has 0 saturated heterocycles. The third kappa shape index (κ3) is 3.24. The molecule has 1 aromatic carbocycles. The van der Waals surface area contributed by atoms with Gasteiger partial charge in [-0.1, -0.05) is 0 Å². The molecule has 174 valence electrons. The summed E-state index contributed by atoms with van der Waals surface area (Å²) in [6, 6.07) is 1.30. The van der Waals surface area contributed by atoms with Crippen molar-refractivity contribution in [2.45, 2.75) is 37.6 Å². The summed E-state index contributed by atoms with van der Waals surface area (Å²) >= 11 is 0. The van der Waals surface area contributed by atoms with Gasteiger partial charge >= 0.3 is 0 Å². The number of aryl methyl sites for hydroxylation is 2. The lowest BCUT2D eigenvalue weighted by Crippen LogP contribution is -2.39. The van der Waals surface area contributed by atoms with Gasteiger partial charge in [0.15, 0.2) is 17.5 Å². The lowest BCUT2D eigenvalue weighted by molar-refractivity contribution is 0.0671. The van der Waals surface area contributed by atoms with Gasteiger partial charge in [-0.2, -0.15) is 10.2 Å². The number of nitrogens with zero attached hydrogens (tertiary/aromatic N) is 5. The minimum absolute atomic E-state index is 0.133. The lowest BCUT2D eigenvalue weighted by atomic mass is 9.95. The molecule has 1 amide bonds. The second-order valence-corrected chi connectivity index (χ2v) is 8.60. The van der Waals surface area contributed by atoms with E-state index in [9.17, 15) is 26.7 Å². The number of rotatable bonds is 3. The highest BCUT2D eigenvalue weighted by Crippen LogP contribution is 2.56. The fourth-order valence-corrected chi connectivity index (χ4v) is 4.76. The van der Waals surface area contributed by atoms with Crippen LogP contribution < -0.4 is 0 Å². The van der Waals surface area contributed by atoms with Gasteiger partial charge in [-0.15, -0.1) is 0 Å². The normalized spacial score (nSPS) is 21.3. The van der Waals surface area contributed by atoms with Crippen LogP contribution in [0.3, 0.4) is 0 Å². The summed E-state index contributed by atoms with van der Waals surface area (Å²) in [7, 11) is 3.13. The van der Waals surface area contributed by atoms with Gasteiger partial charge in [0.05, 0.1) is 40.8 Å². The largest absolute Gasteiger partial charge is 0.330 e. The van der Waals surface area contributed by atoms with Crippen molar-refractivity contribution in [2.75, 3.05) is 6.54 Å². The number of benzene rings is 1. The SMILES string of the molecule is C[C@H]1c2nn(C)c(-c3cc(F)c(F)c(F)c3)c2CCN1C(=O)c1cnn(C)c1[C@@H]1CC1(F)F. The third-order valence-electron chi connectivity index (χ3n) is 6.53. The van der Waals surface area contributed by atoms with Gasteiger partial charge in [0.2, 0.25) is 0 Å². The van der Waals surface area contributed by atoms with E-state index in [4.69, 9.17) is 0 Å². The van der Waals surface area contributed by atoms with Crippen molar-refractivity contribution in [3.05, 3.63) is 58.3 Å². The van der Waals surface area contributed by atoms with Gasteiger partial charge in [0.1, 0.15) is 0 Å². The molecule has 3 heterocycles. The van der Waals surface area contributed by atoms with Crippen LogP contribution in [0, 0.1) is 17.5 Å². The van der Waals surface area contributed by atoms with Crippen LogP contribution in [0.1, 0.15) is 52.6 Å². The Bertz CT molecular complexity index is 1270. The van der Waals surface area contributed by atoms with Crippen molar-refractivity contribution in [1.29, 1.82) is 0 Å². The molecule has 0 spiro atoms. The Balaban J connectivity index is 1.50. The molecule has 0 radical (unpaired) electrons. The topological polar surface area (TPSA) is 56.0 Å². The molecule has 3 aromatic rings. The number of hydrogen-bond donors (Lipinski definition) is 0. The number of carbonyl (C=O) groups is 1. The maximum absolute atomic E-state index is 13.8. The zero-order valence-electron chi connectivity index (χ0n) is 18.0. The highest BCUT2D eigenvalue weighted by Gasteiger charge is 2.60. The molecule has 1 aliphatic carbocycles. The van der Waals surface area contributed by atoms with E-state index in [0.29, 0.717) is 23.4 Å².